The molecule has 37 heavy (non-hydrogen) atoms. The molecule has 7 nitrogen and oxygen atoms in total. The molecule has 0 radical (unpaired) electrons. The molecule has 2 aromatic rings. The molecule has 1 aromatic carbocycles. The van der Waals surface area contributed by atoms with Gasteiger partial charge in [-0.05, 0) is 37.0 Å². The van der Waals surface area contributed by atoms with Gasteiger partial charge < -0.3 is 14.8 Å². The number of fused-ring (bicyclic) bond motifs is 1. The summed E-state index contributed by atoms with van der Waals surface area (Å²) in [7, 11) is 0. The van der Waals surface area contributed by atoms with Crippen LogP contribution in [0.5, 0.6) is 0 Å². The van der Waals surface area contributed by atoms with Gasteiger partial charge in [-0.25, -0.2) is 9.37 Å². The third-order valence-electron chi connectivity index (χ3n) is 8.17. The van der Waals surface area contributed by atoms with Crippen LogP contribution in [0.25, 0.3) is 6.08 Å². The number of rotatable bonds is 5. The summed E-state index contributed by atoms with van der Waals surface area (Å²) in [6.07, 6.45) is 13.1. The second-order valence-electron chi connectivity index (χ2n) is 10.6. The number of hydrogen-bond acceptors (Lipinski definition) is 5. The third kappa shape index (κ3) is 4.87. The molecule has 0 saturated carbocycles. The van der Waals surface area contributed by atoms with Gasteiger partial charge in [0.1, 0.15) is 23.4 Å². The van der Waals surface area contributed by atoms with Crippen molar-refractivity contribution in [3.05, 3.63) is 65.6 Å². The lowest BCUT2D eigenvalue weighted by molar-refractivity contribution is -0.148. The van der Waals surface area contributed by atoms with Crippen LogP contribution in [0.3, 0.4) is 0 Å². The number of anilines is 1. The highest BCUT2D eigenvalue weighted by Gasteiger charge is 2.45. The second kappa shape index (κ2) is 10.2. The van der Waals surface area contributed by atoms with E-state index in [-0.39, 0.29) is 30.8 Å². The van der Waals surface area contributed by atoms with Crippen LogP contribution in [-0.2, 0) is 11.3 Å². The number of carbonyl (C=O) groups is 1. The zero-order chi connectivity index (χ0) is 25.2. The number of dihydropyridines is 1. The minimum atomic E-state index is -1.76. The monoisotopic (exact) mass is 502 g/mol. The maximum absolute atomic E-state index is 15.9. The summed E-state index contributed by atoms with van der Waals surface area (Å²) in [4.78, 5) is 27.0. The van der Waals surface area contributed by atoms with Crippen molar-refractivity contribution >= 4 is 24.0 Å². The van der Waals surface area contributed by atoms with E-state index in [9.17, 15) is 4.79 Å². The fraction of sp³-hybridized carbons (Fsp3) is 0.483. The number of imidazole rings is 1. The number of amides is 1. The molecule has 0 aliphatic carbocycles. The molecule has 0 spiro atoms. The quantitative estimate of drug-likeness (QED) is 0.651. The summed E-state index contributed by atoms with van der Waals surface area (Å²) in [5, 5.41) is 3.50. The van der Waals surface area contributed by atoms with Crippen molar-refractivity contribution in [1.29, 1.82) is 0 Å². The van der Waals surface area contributed by atoms with E-state index in [1.807, 2.05) is 30.5 Å². The van der Waals surface area contributed by atoms with Crippen molar-refractivity contribution in [3.8, 4) is 0 Å². The van der Waals surface area contributed by atoms with E-state index in [0.717, 1.165) is 49.7 Å². The van der Waals surface area contributed by atoms with Gasteiger partial charge in [-0.15, -0.1) is 0 Å². The number of piperidine rings is 2. The van der Waals surface area contributed by atoms with Gasteiger partial charge >= 0.3 is 0 Å². The molecule has 4 aliphatic heterocycles. The molecule has 6 rings (SSSR count). The number of nitrogens with one attached hydrogen (secondary N) is 1. The highest BCUT2D eigenvalue weighted by atomic mass is 19.1. The molecule has 1 aromatic heterocycles. The average molecular weight is 503 g/mol. The van der Waals surface area contributed by atoms with Crippen LogP contribution in [0.15, 0.2) is 53.6 Å². The van der Waals surface area contributed by atoms with E-state index in [4.69, 9.17) is 4.98 Å². The fourth-order valence-electron chi connectivity index (χ4n) is 6.08. The number of alkyl halides is 1. The van der Waals surface area contributed by atoms with Gasteiger partial charge in [0.05, 0.1) is 0 Å². The number of benzene rings is 1. The first kappa shape index (κ1) is 24.1. The molecular formula is C29H35FN6O. The smallest absolute Gasteiger partial charge is 0.260 e. The Hall–Kier alpha value is -3.26. The zero-order valence-electron chi connectivity index (χ0n) is 21.2. The van der Waals surface area contributed by atoms with Crippen molar-refractivity contribution in [3.63, 3.8) is 0 Å². The number of nitrogens with zero attached hydrogens (tertiary/aromatic N) is 5. The summed E-state index contributed by atoms with van der Waals surface area (Å²) in [6, 6.07) is 10.5. The highest BCUT2D eigenvalue weighted by Crippen LogP contribution is 2.38. The Bertz CT molecular complexity index is 1200. The molecule has 1 atom stereocenters. The molecule has 0 bridgehead atoms. The van der Waals surface area contributed by atoms with Gasteiger partial charge in [0, 0.05) is 64.4 Å². The highest BCUT2D eigenvalue weighted by molar-refractivity contribution is 5.85. The molecule has 8 heteroatoms. The number of hydrogen-bond donors (Lipinski definition) is 1. The normalized spacial score (nSPS) is 23.6. The van der Waals surface area contributed by atoms with Gasteiger partial charge in [0.25, 0.3) is 5.91 Å². The maximum atomic E-state index is 15.9. The van der Waals surface area contributed by atoms with Crippen molar-refractivity contribution < 1.29 is 9.18 Å². The zero-order valence-corrected chi connectivity index (χ0v) is 21.2. The van der Waals surface area contributed by atoms with Gasteiger partial charge in [-0.1, -0.05) is 42.5 Å². The summed E-state index contributed by atoms with van der Waals surface area (Å²) >= 11 is 0. The lowest BCUT2D eigenvalue weighted by atomic mass is 9.90. The first-order valence-corrected chi connectivity index (χ1v) is 13.6. The number of aromatic nitrogens is 2. The van der Waals surface area contributed by atoms with Crippen molar-refractivity contribution in [2.45, 2.75) is 56.4 Å². The fourth-order valence-corrected chi connectivity index (χ4v) is 6.08. The molecule has 194 valence electrons. The van der Waals surface area contributed by atoms with E-state index >= 15 is 4.39 Å². The number of likely N-dealkylation sites (tertiary alicyclic amines) is 2. The predicted molar refractivity (Wildman–Crippen MR) is 144 cm³/mol. The summed E-state index contributed by atoms with van der Waals surface area (Å²) in [5.74, 6) is 1.70. The van der Waals surface area contributed by atoms with Crippen LogP contribution < -0.4 is 5.32 Å². The molecule has 5 heterocycles. The Morgan fingerprint density at radius 1 is 1.08 bits per heavy atom. The Morgan fingerprint density at radius 2 is 1.86 bits per heavy atom. The van der Waals surface area contributed by atoms with Crippen LogP contribution in [0.2, 0.25) is 0 Å². The van der Waals surface area contributed by atoms with Crippen LogP contribution in [0.4, 0.5) is 10.2 Å². The number of aliphatic imine (C=N–C) groups is 1. The van der Waals surface area contributed by atoms with Crippen LogP contribution >= 0.6 is 0 Å². The Morgan fingerprint density at radius 3 is 2.59 bits per heavy atom. The van der Waals surface area contributed by atoms with Crippen molar-refractivity contribution in [2.75, 3.05) is 38.0 Å². The lowest BCUT2D eigenvalue weighted by Gasteiger charge is -2.41. The summed E-state index contributed by atoms with van der Waals surface area (Å²) in [5.41, 5.74) is 0.423. The minimum Gasteiger partial charge on any atom is -0.366 e. The van der Waals surface area contributed by atoms with Crippen LogP contribution in [0, 0.1) is 0 Å². The second-order valence-corrected chi connectivity index (χ2v) is 10.6. The minimum absolute atomic E-state index is 0.000596. The summed E-state index contributed by atoms with van der Waals surface area (Å²) in [6.45, 7) is 3.92. The molecule has 2 saturated heterocycles. The first-order valence-electron chi connectivity index (χ1n) is 13.6. The van der Waals surface area contributed by atoms with E-state index in [1.165, 1.54) is 5.56 Å². The van der Waals surface area contributed by atoms with Crippen molar-refractivity contribution in [2.24, 2.45) is 4.99 Å². The number of halogens is 1. The van der Waals surface area contributed by atoms with Crippen molar-refractivity contribution in [1.82, 2.24) is 19.4 Å². The predicted octanol–water partition coefficient (Wildman–Crippen LogP) is 4.56. The Kier molecular flexibility index (Phi) is 6.67. The van der Waals surface area contributed by atoms with E-state index < -0.39 is 5.67 Å². The van der Waals surface area contributed by atoms with Gasteiger partial charge in [0.2, 0.25) is 0 Å². The molecular weight excluding hydrogens is 467 g/mol. The van der Waals surface area contributed by atoms with E-state index in [1.54, 1.807) is 4.90 Å². The topological polar surface area (TPSA) is 65.8 Å². The van der Waals surface area contributed by atoms with Crippen LogP contribution in [-0.4, -0.2) is 69.9 Å². The SMILES string of the molecule is O=C(N1CCC(n2c(C3CC=CC=N3)nc3c2NCC=C3)CC1)C1(F)CCN(Cc2ccccc2)CC1. The molecule has 2 fully saturated rings. The molecule has 1 amide bonds. The van der Waals surface area contributed by atoms with Gasteiger partial charge in [0.15, 0.2) is 5.67 Å². The molecule has 1 N–H and O–H groups in total. The standard InChI is InChI=1S/C29H35FN6O/c30-29(13-19-34(20-14-29)21-22-7-2-1-3-8-22)28(37)35-17-11-23(12-18-35)36-26-25(10-6-16-32-26)33-27(36)24-9-4-5-15-31-24/h1-8,10,15,23-24,32H,9,11-14,16-21H2. The first-order chi connectivity index (χ1) is 18.1. The molecule has 1 unspecified atom stereocenters. The Labute approximate surface area is 217 Å². The van der Waals surface area contributed by atoms with Gasteiger partial charge in [-0.2, -0.15) is 0 Å². The van der Waals surface area contributed by atoms with Gasteiger partial charge in [-0.3, -0.25) is 14.7 Å². The largest absolute Gasteiger partial charge is 0.366 e. The van der Waals surface area contributed by atoms with E-state index in [0.29, 0.717) is 26.2 Å². The van der Waals surface area contributed by atoms with E-state index in [2.05, 4.69) is 50.1 Å². The lowest BCUT2D eigenvalue weighted by Crippen LogP contribution is -2.54. The summed E-state index contributed by atoms with van der Waals surface area (Å²) < 4.78 is 18.2. The average Bonchev–Trinajstić information content (AvgIpc) is 3.35. The molecule has 4 aliphatic rings. The number of carbonyl (C=O) groups excluding carboxylic acids is 1. The number of allylic oxidation sites excluding steroid dienone is 1. The Balaban J connectivity index is 1.10. The van der Waals surface area contributed by atoms with Crippen LogP contribution in [0.1, 0.15) is 61.3 Å². The third-order valence-corrected chi connectivity index (χ3v) is 8.17. The maximum Gasteiger partial charge on any atom is 0.260 e.